The van der Waals surface area contributed by atoms with Gasteiger partial charge in [0.2, 0.25) is 5.75 Å². The van der Waals surface area contributed by atoms with Crippen LogP contribution in [0.3, 0.4) is 0 Å². The largest absolute Gasteiger partial charge is 0.419 e. The van der Waals surface area contributed by atoms with E-state index in [1.54, 1.807) is 24.3 Å². The van der Waals surface area contributed by atoms with Gasteiger partial charge < -0.3 is 4.74 Å². The van der Waals surface area contributed by atoms with Crippen LogP contribution in [-0.4, -0.2) is 10.9 Å². The van der Waals surface area contributed by atoms with Crippen molar-refractivity contribution in [3.63, 3.8) is 0 Å². The first kappa shape index (κ1) is 15.1. The van der Waals surface area contributed by atoms with E-state index in [0.717, 1.165) is 22.7 Å². The van der Waals surface area contributed by atoms with E-state index in [2.05, 4.69) is 15.9 Å². The van der Waals surface area contributed by atoms with E-state index in [1.807, 2.05) is 0 Å². The Bertz CT molecular complexity index is 705. The molecule has 108 valence electrons. The van der Waals surface area contributed by atoms with Gasteiger partial charge >= 0.3 is 11.7 Å². The molecule has 2 aromatic carbocycles. The fraction of sp³-hybridized carbons (Fsp3) is 0.0714. The number of esters is 1. The van der Waals surface area contributed by atoms with Gasteiger partial charge in [-0.05, 0) is 23.8 Å². The van der Waals surface area contributed by atoms with Gasteiger partial charge in [0.1, 0.15) is 5.82 Å². The van der Waals surface area contributed by atoms with Gasteiger partial charge in [-0.3, -0.25) is 14.9 Å². The summed E-state index contributed by atoms with van der Waals surface area (Å²) in [4.78, 5) is 21.9. The highest BCUT2D eigenvalue weighted by Crippen LogP contribution is 2.27. The lowest BCUT2D eigenvalue weighted by molar-refractivity contribution is -0.385. The summed E-state index contributed by atoms with van der Waals surface area (Å²) in [5.74, 6) is -1.83. The molecule has 0 unspecified atom stereocenters. The van der Waals surface area contributed by atoms with Crippen molar-refractivity contribution in [1.29, 1.82) is 0 Å². The molecule has 2 aromatic rings. The van der Waals surface area contributed by atoms with Gasteiger partial charge in [0.05, 0.1) is 11.3 Å². The van der Waals surface area contributed by atoms with Crippen LogP contribution in [-0.2, 0) is 11.2 Å². The summed E-state index contributed by atoms with van der Waals surface area (Å²) in [7, 11) is 0. The van der Waals surface area contributed by atoms with Crippen molar-refractivity contribution < 1.29 is 18.8 Å². The molecule has 0 aromatic heterocycles. The Balaban J connectivity index is 2.16. The zero-order valence-electron chi connectivity index (χ0n) is 10.6. The number of ether oxygens (including phenoxy) is 1. The van der Waals surface area contributed by atoms with Crippen molar-refractivity contribution >= 4 is 27.6 Å². The summed E-state index contributed by atoms with van der Waals surface area (Å²) in [6, 6.07) is 9.69. The highest BCUT2D eigenvalue weighted by molar-refractivity contribution is 9.10. The minimum absolute atomic E-state index is 0.0763. The second kappa shape index (κ2) is 6.45. The SMILES string of the molecule is O=C(Cc1cccc(Br)c1)Oc1cc(F)ccc1[N+](=O)[O-]. The number of hydrogen-bond acceptors (Lipinski definition) is 4. The highest BCUT2D eigenvalue weighted by atomic mass is 79.9. The molecule has 0 fully saturated rings. The fourth-order valence-electron chi connectivity index (χ4n) is 1.69. The number of carbonyl (C=O) groups excluding carboxylic acids is 1. The Morgan fingerprint density at radius 2 is 2.05 bits per heavy atom. The number of nitro groups is 1. The third-order valence-electron chi connectivity index (χ3n) is 2.58. The summed E-state index contributed by atoms with van der Waals surface area (Å²) in [6.07, 6.45) is -0.0763. The zero-order valence-corrected chi connectivity index (χ0v) is 12.2. The topological polar surface area (TPSA) is 69.4 Å². The lowest BCUT2D eigenvalue weighted by atomic mass is 10.1. The highest BCUT2D eigenvalue weighted by Gasteiger charge is 2.19. The van der Waals surface area contributed by atoms with Crippen molar-refractivity contribution in [2.45, 2.75) is 6.42 Å². The molecule has 0 bridgehead atoms. The van der Waals surface area contributed by atoms with Crippen molar-refractivity contribution in [2.75, 3.05) is 0 Å². The number of halogens is 2. The number of benzene rings is 2. The van der Waals surface area contributed by atoms with Crippen molar-refractivity contribution in [2.24, 2.45) is 0 Å². The van der Waals surface area contributed by atoms with E-state index in [-0.39, 0.29) is 6.42 Å². The molecule has 7 heteroatoms. The van der Waals surface area contributed by atoms with Gasteiger partial charge in [-0.25, -0.2) is 4.39 Å². The number of nitrogens with zero attached hydrogens (tertiary/aromatic N) is 1. The van der Waals surface area contributed by atoms with Gasteiger partial charge in [-0.2, -0.15) is 0 Å². The minimum atomic E-state index is -0.735. The lowest BCUT2D eigenvalue weighted by Crippen LogP contribution is -2.12. The smallest absolute Gasteiger partial charge is 0.315 e. The molecule has 0 N–H and O–H groups in total. The van der Waals surface area contributed by atoms with E-state index in [4.69, 9.17) is 4.74 Å². The van der Waals surface area contributed by atoms with Gasteiger partial charge in [0.15, 0.2) is 0 Å². The van der Waals surface area contributed by atoms with Crippen molar-refractivity contribution in [3.8, 4) is 5.75 Å². The monoisotopic (exact) mass is 353 g/mol. The maximum Gasteiger partial charge on any atom is 0.315 e. The molecule has 0 atom stereocenters. The average molecular weight is 354 g/mol. The Morgan fingerprint density at radius 1 is 1.29 bits per heavy atom. The van der Waals surface area contributed by atoms with E-state index in [1.165, 1.54) is 0 Å². The van der Waals surface area contributed by atoms with Crippen LogP contribution in [0.15, 0.2) is 46.9 Å². The van der Waals surface area contributed by atoms with Crippen LogP contribution in [0, 0.1) is 15.9 Å². The molecule has 2 rings (SSSR count). The second-order valence-electron chi connectivity index (χ2n) is 4.15. The van der Waals surface area contributed by atoms with Crippen LogP contribution < -0.4 is 4.74 Å². The molecule has 5 nitrogen and oxygen atoms in total. The summed E-state index contributed by atoms with van der Waals surface area (Å²) < 4.78 is 18.8. The maximum atomic E-state index is 13.1. The Morgan fingerprint density at radius 3 is 2.71 bits per heavy atom. The first-order valence-corrected chi connectivity index (χ1v) is 6.64. The molecule has 0 heterocycles. The number of rotatable bonds is 4. The van der Waals surface area contributed by atoms with Crippen LogP contribution in [0.1, 0.15) is 5.56 Å². The average Bonchev–Trinajstić information content (AvgIpc) is 2.38. The molecule has 0 saturated heterocycles. The van der Waals surface area contributed by atoms with Crippen molar-refractivity contribution in [3.05, 3.63) is 68.4 Å². The van der Waals surface area contributed by atoms with Crippen LogP contribution in [0.25, 0.3) is 0 Å². The van der Waals surface area contributed by atoms with Crippen LogP contribution in [0.2, 0.25) is 0 Å². The molecule has 0 spiro atoms. The molecular formula is C14H9BrFNO4. The van der Waals surface area contributed by atoms with Gasteiger partial charge in [0.25, 0.3) is 0 Å². The summed E-state index contributed by atoms with van der Waals surface area (Å²) in [6.45, 7) is 0. The standard InChI is InChI=1S/C14H9BrFNO4/c15-10-3-1-2-9(6-10)7-14(18)21-13-8-11(16)4-5-12(13)17(19)20/h1-6,8H,7H2. The summed E-state index contributed by atoms with van der Waals surface area (Å²) >= 11 is 3.27. The third kappa shape index (κ3) is 4.09. The molecule has 0 aliphatic rings. The van der Waals surface area contributed by atoms with E-state index < -0.39 is 28.1 Å². The minimum Gasteiger partial charge on any atom is -0.419 e. The maximum absolute atomic E-state index is 13.1. The molecule has 0 aliphatic heterocycles. The zero-order chi connectivity index (χ0) is 15.4. The normalized spacial score (nSPS) is 10.2. The van der Waals surface area contributed by atoms with Crippen LogP contribution >= 0.6 is 15.9 Å². The number of hydrogen-bond donors (Lipinski definition) is 0. The van der Waals surface area contributed by atoms with Gasteiger partial charge in [-0.15, -0.1) is 0 Å². The molecule has 0 aliphatic carbocycles. The van der Waals surface area contributed by atoms with E-state index >= 15 is 0 Å². The number of nitro benzene ring substituents is 1. The van der Waals surface area contributed by atoms with Crippen LogP contribution in [0.4, 0.5) is 10.1 Å². The lowest BCUT2D eigenvalue weighted by Gasteiger charge is -2.05. The molecule has 0 amide bonds. The molecule has 0 saturated carbocycles. The van der Waals surface area contributed by atoms with Crippen LogP contribution in [0.5, 0.6) is 5.75 Å². The first-order valence-electron chi connectivity index (χ1n) is 5.85. The Kier molecular flexibility index (Phi) is 4.64. The predicted octanol–water partition coefficient (Wildman–Crippen LogP) is 3.64. The second-order valence-corrected chi connectivity index (χ2v) is 5.07. The first-order chi connectivity index (χ1) is 9.95. The predicted molar refractivity (Wildman–Crippen MR) is 76.5 cm³/mol. The summed E-state index contributed by atoms with van der Waals surface area (Å²) in [5.41, 5.74) is 0.215. The Hall–Kier alpha value is -2.28. The van der Waals surface area contributed by atoms with E-state index in [0.29, 0.717) is 5.56 Å². The molecular weight excluding hydrogens is 345 g/mol. The quantitative estimate of drug-likeness (QED) is 0.364. The third-order valence-corrected chi connectivity index (χ3v) is 3.07. The molecule has 21 heavy (non-hydrogen) atoms. The van der Waals surface area contributed by atoms with Gasteiger partial charge in [-0.1, -0.05) is 28.1 Å². The van der Waals surface area contributed by atoms with Crippen molar-refractivity contribution in [1.82, 2.24) is 0 Å². The van der Waals surface area contributed by atoms with Gasteiger partial charge in [0, 0.05) is 16.6 Å². The summed E-state index contributed by atoms with van der Waals surface area (Å²) in [5, 5.41) is 10.8. The molecule has 0 radical (unpaired) electrons. The fourth-order valence-corrected chi connectivity index (χ4v) is 2.14. The van der Waals surface area contributed by atoms with E-state index in [9.17, 15) is 19.3 Å². The Labute approximate surface area is 127 Å². The number of carbonyl (C=O) groups is 1.